The van der Waals surface area contributed by atoms with E-state index >= 15 is 0 Å². The molecule has 3 rings (SSSR count). The van der Waals surface area contributed by atoms with E-state index in [1.165, 1.54) is 0 Å². The molecule has 0 spiro atoms. The lowest BCUT2D eigenvalue weighted by Gasteiger charge is -2.32. The predicted octanol–water partition coefficient (Wildman–Crippen LogP) is 0.578. The molecule has 2 aliphatic rings. The Balaban J connectivity index is 1.47. The third kappa shape index (κ3) is 3.75. The average molecular weight is 307 g/mol. The molecule has 1 unspecified atom stereocenters. The fourth-order valence-corrected chi connectivity index (χ4v) is 2.59. The third-order valence-corrected chi connectivity index (χ3v) is 3.97. The molecule has 3 amide bonds. The number of urea groups is 1. The Morgan fingerprint density at radius 1 is 1.32 bits per heavy atom. The van der Waals surface area contributed by atoms with E-state index in [-0.39, 0.29) is 24.4 Å². The van der Waals surface area contributed by atoms with Crippen LogP contribution in [0.15, 0.2) is 4.42 Å². The van der Waals surface area contributed by atoms with Gasteiger partial charge >= 0.3 is 6.03 Å². The molecular weight excluding hydrogens is 286 g/mol. The van der Waals surface area contributed by atoms with Crippen LogP contribution in [0.4, 0.5) is 4.79 Å². The average Bonchev–Trinajstić information content (AvgIpc) is 3.24. The van der Waals surface area contributed by atoms with Gasteiger partial charge in [0, 0.05) is 26.1 Å². The smallest absolute Gasteiger partial charge is 0.317 e. The van der Waals surface area contributed by atoms with Gasteiger partial charge < -0.3 is 20.0 Å². The van der Waals surface area contributed by atoms with Gasteiger partial charge in [0.25, 0.3) is 0 Å². The van der Waals surface area contributed by atoms with Crippen molar-refractivity contribution in [1.82, 2.24) is 25.7 Å². The molecule has 120 valence electrons. The number of piperidine rings is 1. The standard InChI is InChI=1S/C14H21N5O3/c1-9-17-18-12(22-9)7-15-13(20)10-3-2-6-19(8-10)14(21)16-11-4-5-11/h10-11H,2-8H2,1H3,(H,15,20)(H,16,21). The monoisotopic (exact) mass is 307 g/mol. The van der Waals surface area contributed by atoms with Crippen LogP contribution in [-0.4, -0.2) is 46.2 Å². The molecule has 0 bridgehead atoms. The van der Waals surface area contributed by atoms with Gasteiger partial charge in [-0.25, -0.2) is 4.79 Å². The lowest BCUT2D eigenvalue weighted by molar-refractivity contribution is -0.126. The second kappa shape index (κ2) is 6.33. The first-order valence-corrected chi connectivity index (χ1v) is 7.74. The maximum Gasteiger partial charge on any atom is 0.317 e. The molecule has 1 saturated carbocycles. The molecule has 1 aliphatic heterocycles. The van der Waals surface area contributed by atoms with Gasteiger partial charge in [0.1, 0.15) is 0 Å². The Morgan fingerprint density at radius 2 is 2.14 bits per heavy atom. The Bertz CT molecular complexity index is 554. The van der Waals surface area contributed by atoms with Gasteiger partial charge in [0.2, 0.25) is 17.7 Å². The van der Waals surface area contributed by atoms with E-state index in [4.69, 9.17) is 4.42 Å². The number of carbonyl (C=O) groups is 2. The molecule has 8 heteroatoms. The van der Waals surface area contributed by atoms with Crippen molar-refractivity contribution in [2.75, 3.05) is 13.1 Å². The van der Waals surface area contributed by atoms with Crippen LogP contribution in [0.2, 0.25) is 0 Å². The molecule has 0 radical (unpaired) electrons. The Kier molecular flexibility index (Phi) is 4.26. The molecule has 1 saturated heterocycles. The summed E-state index contributed by atoms with van der Waals surface area (Å²) in [6, 6.07) is 0.287. The van der Waals surface area contributed by atoms with E-state index in [1.807, 2.05) is 0 Å². The van der Waals surface area contributed by atoms with E-state index in [9.17, 15) is 9.59 Å². The largest absolute Gasteiger partial charge is 0.424 e. The molecule has 8 nitrogen and oxygen atoms in total. The minimum atomic E-state index is -0.178. The van der Waals surface area contributed by atoms with E-state index in [1.54, 1.807) is 11.8 Å². The summed E-state index contributed by atoms with van der Waals surface area (Å²) in [6.45, 7) is 3.11. The molecule has 2 fully saturated rings. The first-order valence-electron chi connectivity index (χ1n) is 7.74. The highest BCUT2D eigenvalue weighted by molar-refractivity contribution is 5.80. The SMILES string of the molecule is Cc1nnc(CNC(=O)C2CCCN(C(=O)NC3CC3)C2)o1. The molecule has 1 atom stereocenters. The highest BCUT2D eigenvalue weighted by Crippen LogP contribution is 2.21. The molecule has 2 N–H and O–H groups in total. The third-order valence-electron chi connectivity index (χ3n) is 3.97. The van der Waals surface area contributed by atoms with Crippen molar-refractivity contribution in [3.05, 3.63) is 11.8 Å². The lowest BCUT2D eigenvalue weighted by atomic mass is 9.97. The maximum absolute atomic E-state index is 12.2. The summed E-state index contributed by atoms with van der Waals surface area (Å²) in [4.78, 5) is 26.0. The normalized spacial score (nSPS) is 21.5. The number of nitrogens with zero attached hydrogens (tertiary/aromatic N) is 3. The summed E-state index contributed by atoms with van der Waals surface area (Å²) in [6.07, 6.45) is 3.76. The van der Waals surface area contributed by atoms with Gasteiger partial charge in [0.05, 0.1) is 12.5 Å². The summed E-state index contributed by atoms with van der Waals surface area (Å²) in [7, 11) is 0. The Labute approximate surface area is 128 Å². The number of aromatic nitrogens is 2. The lowest BCUT2D eigenvalue weighted by Crippen LogP contribution is -2.49. The van der Waals surface area contributed by atoms with Crippen molar-refractivity contribution in [2.45, 2.75) is 45.2 Å². The fourth-order valence-electron chi connectivity index (χ4n) is 2.59. The van der Waals surface area contributed by atoms with Gasteiger partial charge in [-0.3, -0.25) is 4.79 Å². The first-order chi connectivity index (χ1) is 10.6. The fraction of sp³-hybridized carbons (Fsp3) is 0.714. The highest BCUT2D eigenvalue weighted by atomic mass is 16.4. The number of aryl methyl sites for hydroxylation is 1. The van der Waals surface area contributed by atoms with Crippen LogP contribution in [0.3, 0.4) is 0 Å². The van der Waals surface area contributed by atoms with Crippen LogP contribution in [0, 0.1) is 12.8 Å². The quantitative estimate of drug-likeness (QED) is 0.847. The molecule has 0 aromatic carbocycles. The summed E-state index contributed by atoms with van der Waals surface area (Å²) in [5.41, 5.74) is 0. The van der Waals surface area contributed by atoms with Crippen molar-refractivity contribution < 1.29 is 14.0 Å². The van der Waals surface area contributed by atoms with Crippen molar-refractivity contribution in [3.63, 3.8) is 0 Å². The minimum absolute atomic E-state index is 0.0486. The maximum atomic E-state index is 12.2. The zero-order valence-corrected chi connectivity index (χ0v) is 12.7. The molecule has 22 heavy (non-hydrogen) atoms. The topological polar surface area (TPSA) is 100 Å². The number of nitrogens with one attached hydrogen (secondary N) is 2. The van der Waals surface area contributed by atoms with Gasteiger partial charge in [-0.15, -0.1) is 10.2 Å². The number of carbonyl (C=O) groups excluding carboxylic acids is 2. The number of rotatable bonds is 4. The van der Waals surface area contributed by atoms with E-state index in [0.717, 1.165) is 25.7 Å². The van der Waals surface area contributed by atoms with Crippen LogP contribution in [0.5, 0.6) is 0 Å². The number of hydrogen-bond donors (Lipinski definition) is 2. The number of hydrogen-bond acceptors (Lipinski definition) is 5. The van der Waals surface area contributed by atoms with Crippen LogP contribution < -0.4 is 10.6 Å². The van der Waals surface area contributed by atoms with Crippen molar-refractivity contribution in [2.24, 2.45) is 5.92 Å². The second-order valence-corrected chi connectivity index (χ2v) is 5.94. The zero-order chi connectivity index (χ0) is 15.5. The number of likely N-dealkylation sites (tertiary alicyclic amines) is 1. The van der Waals surface area contributed by atoms with Gasteiger partial charge in [-0.05, 0) is 25.7 Å². The first kappa shape index (κ1) is 14.8. The summed E-state index contributed by atoms with van der Waals surface area (Å²) in [5.74, 6) is 0.623. The van der Waals surface area contributed by atoms with Crippen LogP contribution in [0.25, 0.3) is 0 Å². The van der Waals surface area contributed by atoms with Gasteiger partial charge in [-0.2, -0.15) is 0 Å². The minimum Gasteiger partial charge on any atom is -0.424 e. The second-order valence-electron chi connectivity index (χ2n) is 5.94. The van der Waals surface area contributed by atoms with Crippen LogP contribution >= 0.6 is 0 Å². The van der Waals surface area contributed by atoms with Gasteiger partial charge in [-0.1, -0.05) is 0 Å². The van der Waals surface area contributed by atoms with Crippen molar-refractivity contribution >= 4 is 11.9 Å². The zero-order valence-electron chi connectivity index (χ0n) is 12.7. The van der Waals surface area contributed by atoms with Gasteiger partial charge in [0.15, 0.2) is 0 Å². The molecule has 1 aromatic rings. The van der Waals surface area contributed by atoms with Crippen molar-refractivity contribution in [1.29, 1.82) is 0 Å². The molecule has 1 aromatic heterocycles. The Hall–Kier alpha value is -2.12. The van der Waals surface area contributed by atoms with E-state index in [0.29, 0.717) is 30.9 Å². The molecule has 1 aliphatic carbocycles. The summed E-state index contributed by atoms with van der Waals surface area (Å²) < 4.78 is 5.22. The number of amides is 3. The summed E-state index contributed by atoms with van der Waals surface area (Å²) in [5, 5.41) is 13.3. The Morgan fingerprint density at radius 3 is 2.82 bits per heavy atom. The van der Waals surface area contributed by atoms with Crippen LogP contribution in [-0.2, 0) is 11.3 Å². The van der Waals surface area contributed by atoms with Crippen molar-refractivity contribution in [3.8, 4) is 0 Å². The van der Waals surface area contributed by atoms with Crippen LogP contribution in [0.1, 0.15) is 37.5 Å². The molecular formula is C14H21N5O3. The predicted molar refractivity (Wildman–Crippen MR) is 76.7 cm³/mol. The molecule has 2 heterocycles. The summed E-state index contributed by atoms with van der Waals surface area (Å²) >= 11 is 0. The highest BCUT2D eigenvalue weighted by Gasteiger charge is 2.31. The van der Waals surface area contributed by atoms with E-state index < -0.39 is 0 Å². The van der Waals surface area contributed by atoms with E-state index in [2.05, 4.69) is 20.8 Å².